The highest BCUT2D eigenvalue weighted by atomic mass is 16.7. The van der Waals surface area contributed by atoms with Crippen molar-refractivity contribution in [3.8, 4) is 5.75 Å². The number of hydrogen-bond acceptors (Lipinski definition) is 7. The minimum absolute atomic E-state index is 0.0232. The van der Waals surface area contributed by atoms with Crippen LogP contribution in [0.3, 0.4) is 0 Å². The van der Waals surface area contributed by atoms with Crippen molar-refractivity contribution in [3.63, 3.8) is 0 Å². The Kier molecular flexibility index (Phi) is 3.37. The monoisotopic (exact) mass is 296 g/mol. The standard InChI is InChI=1S/C14H16O7/c15-8-3-1-7(2-4-8)9-5-11(17)21-14(9)13(19)12(18)10(16)6-20-14/h1-4,9-10,12-13,15-16,18-19H,5-6H2/t9-,10+,12-,13-,14+/m1/s1. The Morgan fingerprint density at radius 1 is 1.14 bits per heavy atom. The molecule has 0 saturated carbocycles. The minimum atomic E-state index is -1.72. The normalized spacial score (nSPS) is 39.5. The summed E-state index contributed by atoms with van der Waals surface area (Å²) in [6.45, 7) is -0.250. The van der Waals surface area contributed by atoms with E-state index in [0.29, 0.717) is 5.56 Å². The highest BCUT2D eigenvalue weighted by molar-refractivity contribution is 5.74. The van der Waals surface area contributed by atoms with Gasteiger partial charge in [0.15, 0.2) is 0 Å². The van der Waals surface area contributed by atoms with Crippen LogP contribution in [0.15, 0.2) is 24.3 Å². The molecule has 2 aliphatic rings. The molecule has 5 atom stereocenters. The maximum Gasteiger partial charge on any atom is 0.309 e. The predicted molar refractivity (Wildman–Crippen MR) is 68.3 cm³/mol. The SMILES string of the molecule is O=C1C[C@H](c2ccc(O)cc2)[C@]2(OC[C@H](O)[C@@H](O)[C@H]2O)O1. The van der Waals surface area contributed by atoms with Gasteiger partial charge in [-0.3, -0.25) is 4.79 Å². The summed E-state index contributed by atoms with van der Waals surface area (Å²) in [5.74, 6) is -2.84. The van der Waals surface area contributed by atoms with Crippen molar-refractivity contribution in [1.29, 1.82) is 0 Å². The van der Waals surface area contributed by atoms with E-state index in [9.17, 15) is 25.2 Å². The van der Waals surface area contributed by atoms with Crippen LogP contribution in [-0.4, -0.2) is 57.1 Å². The highest BCUT2D eigenvalue weighted by Gasteiger charge is 2.61. The van der Waals surface area contributed by atoms with E-state index < -0.39 is 36.0 Å². The van der Waals surface area contributed by atoms with Crippen LogP contribution in [0.2, 0.25) is 0 Å². The number of ether oxygens (including phenoxy) is 2. The molecule has 0 aromatic heterocycles. The van der Waals surface area contributed by atoms with Gasteiger partial charge in [-0.25, -0.2) is 0 Å². The van der Waals surface area contributed by atoms with Crippen LogP contribution < -0.4 is 0 Å². The number of aliphatic hydroxyl groups is 3. The van der Waals surface area contributed by atoms with Crippen molar-refractivity contribution >= 4 is 5.97 Å². The molecule has 0 aliphatic carbocycles. The molecule has 2 aliphatic heterocycles. The Morgan fingerprint density at radius 2 is 1.81 bits per heavy atom. The van der Waals surface area contributed by atoms with E-state index in [1.807, 2.05) is 0 Å². The largest absolute Gasteiger partial charge is 0.508 e. The second-order valence-corrected chi connectivity index (χ2v) is 5.36. The molecular weight excluding hydrogens is 280 g/mol. The summed E-state index contributed by atoms with van der Waals surface area (Å²) in [6, 6.07) is 6.09. The third-order valence-electron chi connectivity index (χ3n) is 4.03. The van der Waals surface area contributed by atoms with Gasteiger partial charge in [0.1, 0.15) is 24.1 Å². The van der Waals surface area contributed by atoms with E-state index in [2.05, 4.69) is 0 Å². The van der Waals surface area contributed by atoms with E-state index in [4.69, 9.17) is 9.47 Å². The molecule has 4 N–H and O–H groups in total. The third-order valence-corrected chi connectivity index (χ3v) is 4.03. The molecule has 1 aromatic rings. The number of rotatable bonds is 1. The summed E-state index contributed by atoms with van der Waals surface area (Å²) >= 11 is 0. The first-order valence-electron chi connectivity index (χ1n) is 6.63. The molecule has 0 radical (unpaired) electrons. The van der Waals surface area contributed by atoms with Crippen LogP contribution in [0.5, 0.6) is 5.75 Å². The third kappa shape index (κ3) is 2.18. The zero-order valence-electron chi connectivity index (χ0n) is 11.0. The van der Waals surface area contributed by atoms with Crippen molar-refractivity contribution in [2.24, 2.45) is 0 Å². The number of carbonyl (C=O) groups excluding carboxylic acids is 1. The van der Waals surface area contributed by atoms with Gasteiger partial charge in [0.2, 0.25) is 5.79 Å². The van der Waals surface area contributed by atoms with Crippen LogP contribution >= 0.6 is 0 Å². The van der Waals surface area contributed by atoms with Crippen LogP contribution in [0.25, 0.3) is 0 Å². The first-order chi connectivity index (χ1) is 9.94. The van der Waals surface area contributed by atoms with Crippen molar-refractivity contribution < 1.29 is 34.7 Å². The number of phenolic OH excluding ortho intramolecular Hbond substituents is 1. The maximum absolute atomic E-state index is 11.7. The van der Waals surface area contributed by atoms with Crippen LogP contribution in [-0.2, 0) is 14.3 Å². The summed E-state index contributed by atoms with van der Waals surface area (Å²) in [5.41, 5.74) is 0.626. The van der Waals surface area contributed by atoms with Gasteiger partial charge in [0.05, 0.1) is 18.9 Å². The molecule has 2 heterocycles. The Hall–Kier alpha value is -1.67. The van der Waals surface area contributed by atoms with Crippen LogP contribution in [0, 0.1) is 0 Å². The molecule has 1 spiro atoms. The molecule has 2 saturated heterocycles. The van der Waals surface area contributed by atoms with Crippen LogP contribution in [0.1, 0.15) is 17.9 Å². The fourth-order valence-electron chi connectivity index (χ4n) is 2.90. The van der Waals surface area contributed by atoms with Crippen molar-refractivity contribution in [2.45, 2.75) is 36.4 Å². The van der Waals surface area contributed by atoms with E-state index in [1.165, 1.54) is 12.1 Å². The molecule has 0 unspecified atom stereocenters. The van der Waals surface area contributed by atoms with Crippen molar-refractivity contribution in [3.05, 3.63) is 29.8 Å². The highest BCUT2D eigenvalue weighted by Crippen LogP contribution is 2.47. The smallest absolute Gasteiger partial charge is 0.309 e. The van der Waals surface area contributed by atoms with Gasteiger partial charge in [0, 0.05) is 0 Å². The van der Waals surface area contributed by atoms with Gasteiger partial charge >= 0.3 is 5.97 Å². The molecule has 114 valence electrons. The Morgan fingerprint density at radius 3 is 2.48 bits per heavy atom. The lowest BCUT2D eigenvalue weighted by Crippen LogP contribution is -2.62. The molecule has 0 bridgehead atoms. The number of aliphatic hydroxyl groups excluding tert-OH is 3. The fraction of sp³-hybridized carbons (Fsp3) is 0.500. The summed E-state index contributed by atoms with van der Waals surface area (Å²) < 4.78 is 10.6. The fourth-order valence-corrected chi connectivity index (χ4v) is 2.90. The molecule has 21 heavy (non-hydrogen) atoms. The average molecular weight is 296 g/mol. The molecule has 3 rings (SSSR count). The van der Waals surface area contributed by atoms with Crippen molar-refractivity contribution in [1.82, 2.24) is 0 Å². The average Bonchev–Trinajstić information content (AvgIpc) is 2.80. The summed E-state index contributed by atoms with van der Waals surface area (Å²) in [4.78, 5) is 11.7. The number of phenols is 1. The minimum Gasteiger partial charge on any atom is -0.508 e. The second kappa shape index (κ2) is 4.96. The molecular formula is C14H16O7. The van der Waals surface area contributed by atoms with Gasteiger partial charge in [-0.1, -0.05) is 12.1 Å². The molecule has 2 fully saturated rings. The number of esters is 1. The number of carbonyl (C=O) groups is 1. The molecule has 7 heteroatoms. The quantitative estimate of drug-likeness (QED) is 0.503. The lowest BCUT2D eigenvalue weighted by atomic mass is 9.82. The lowest BCUT2D eigenvalue weighted by Gasteiger charge is -2.44. The van der Waals surface area contributed by atoms with Crippen molar-refractivity contribution in [2.75, 3.05) is 6.61 Å². The Balaban J connectivity index is 1.99. The van der Waals surface area contributed by atoms with E-state index in [0.717, 1.165) is 0 Å². The van der Waals surface area contributed by atoms with E-state index >= 15 is 0 Å². The summed E-state index contributed by atoms with van der Waals surface area (Å²) in [5, 5.41) is 39.0. The molecule has 0 amide bonds. The number of hydrogen-bond donors (Lipinski definition) is 4. The maximum atomic E-state index is 11.7. The van der Waals surface area contributed by atoms with E-state index in [1.54, 1.807) is 12.1 Å². The lowest BCUT2D eigenvalue weighted by molar-refractivity contribution is -0.320. The predicted octanol–water partition coefficient (Wildman–Crippen LogP) is -0.768. The molecule has 7 nitrogen and oxygen atoms in total. The zero-order valence-corrected chi connectivity index (χ0v) is 11.0. The van der Waals surface area contributed by atoms with Gasteiger partial charge in [-0.15, -0.1) is 0 Å². The second-order valence-electron chi connectivity index (χ2n) is 5.36. The van der Waals surface area contributed by atoms with Gasteiger partial charge in [-0.05, 0) is 17.7 Å². The number of benzene rings is 1. The first-order valence-corrected chi connectivity index (χ1v) is 6.63. The molecule has 1 aromatic carbocycles. The van der Waals surface area contributed by atoms with Gasteiger partial charge in [-0.2, -0.15) is 0 Å². The van der Waals surface area contributed by atoms with E-state index in [-0.39, 0.29) is 18.8 Å². The number of aromatic hydroxyl groups is 1. The van der Waals surface area contributed by atoms with Gasteiger partial charge in [0.25, 0.3) is 0 Å². The van der Waals surface area contributed by atoms with Crippen LogP contribution in [0.4, 0.5) is 0 Å². The topological polar surface area (TPSA) is 116 Å². The summed E-state index contributed by atoms with van der Waals surface area (Å²) in [7, 11) is 0. The zero-order chi connectivity index (χ0) is 15.2. The Bertz CT molecular complexity index is 543. The van der Waals surface area contributed by atoms with Gasteiger partial charge < -0.3 is 29.9 Å². The Labute approximate surface area is 120 Å². The summed E-state index contributed by atoms with van der Waals surface area (Å²) in [6.07, 6.45) is -4.30. The first kappa shape index (κ1) is 14.3.